The number of nitrogens with one attached hydrogen (secondary N) is 1. The van der Waals surface area contributed by atoms with Gasteiger partial charge in [-0.1, -0.05) is 20.8 Å². The minimum Gasteiger partial charge on any atom is -0.771 e. The van der Waals surface area contributed by atoms with Gasteiger partial charge in [-0.2, -0.15) is 0 Å². The number of hydrazine groups is 1. The minimum absolute atomic E-state index is 0.135. The van der Waals surface area contributed by atoms with Crippen LogP contribution < -0.4 is 5.43 Å². The summed E-state index contributed by atoms with van der Waals surface area (Å²) in [6.07, 6.45) is 0.920. The van der Waals surface area contributed by atoms with Gasteiger partial charge >= 0.3 is 0 Å². The van der Waals surface area contributed by atoms with E-state index in [-0.39, 0.29) is 11.5 Å². The molecule has 1 aliphatic rings. The van der Waals surface area contributed by atoms with E-state index in [0.29, 0.717) is 0 Å². The lowest BCUT2D eigenvalue weighted by Gasteiger charge is -2.34. The molecule has 1 rings (SSSR count). The average molecular weight is 143 g/mol. The summed E-state index contributed by atoms with van der Waals surface area (Å²) in [5.41, 5.74) is 2.92. The SMILES string of the molecule is CC[C@@H]1N([O-])NCC1(C)C. The smallest absolute Gasteiger partial charge is 0.0169 e. The molecule has 0 radical (unpaired) electrons. The molecule has 1 N–H and O–H groups in total. The first kappa shape index (κ1) is 7.98. The number of hydrogen-bond acceptors (Lipinski definition) is 3. The first-order valence-electron chi connectivity index (χ1n) is 3.78. The third-order valence-corrected chi connectivity index (χ3v) is 2.26. The number of hydrogen-bond donors (Lipinski definition) is 1. The molecule has 0 amide bonds. The Bertz CT molecular complexity index is 125. The van der Waals surface area contributed by atoms with E-state index in [0.717, 1.165) is 18.1 Å². The standard InChI is InChI=1S/C7H15N2O/c1-4-6-7(2,3)5-8-9(6)10/h6,8H,4-5H2,1-3H3/q-1/t6-/m0/s1. The van der Waals surface area contributed by atoms with E-state index in [1.807, 2.05) is 6.92 Å². The van der Waals surface area contributed by atoms with Crippen LogP contribution in [0.25, 0.3) is 0 Å². The second kappa shape index (κ2) is 2.49. The predicted octanol–water partition coefficient (Wildman–Crippen LogP) is 1.11. The Balaban J connectivity index is 2.63. The summed E-state index contributed by atoms with van der Waals surface area (Å²) in [4.78, 5) is 0. The lowest BCUT2D eigenvalue weighted by Crippen LogP contribution is -2.34. The van der Waals surface area contributed by atoms with Crippen molar-refractivity contribution in [2.75, 3.05) is 6.54 Å². The van der Waals surface area contributed by atoms with Crippen molar-refractivity contribution >= 4 is 0 Å². The van der Waals surface area contributed by atoms with Crippen molar-refractivity contribution < 1.29 is 0 Å². The fourth-order valence-electron chi connectivity index (χ4n) is 1.55. The Morgan fingerprint density at radius 3 is 2.50 bits per heavy atom. The fraction of sp³-hybridized carbons (Fsp3) is 1.00. The van der Waals surface area contributed by atoms with Crippen LogP contribution in [0.2, 0.25) is 0 Å². The van der Waals surface area contributed by atoms with Crippen LogP contribution in [0.1, 0.15) is 27.2 Å². The Hall–Kier alpha value is -0.120. The summed E-state index contributed by atoms with van der Waals surface area (Å²) in [5, 5.41) is 12.0. The van der Waals surface area contributed by atoms with Gasteiger partial charge in [0.25, 0.3) is 0 Å². The molecule has 1 heterocycles. The maximum Gasteiger partial charge on any atom is 0.0169 e. The molecule has 0 aliphatic carbocycles. The van der Waals surface area contributed by atoms with Crippen LogP contribution in [-0.2, 0) is 0 Å². The molecule has 0 unspecified atom stereocenters. The van der Waals surface area contributed by atoms with E-state index in [9.17, 15) is 5.21 Å². The Labute approximate surface area is 62.0 Å². The maximum atomic E-state index is 11.0. The monoisotopic (exact) mass is 143 g/mol. The van der Waals surface area contributed by atoms with Crippen molar-refractivity contribution in [3.05, 3.63) is 5.21 Å². The topological polar surface area (TPSA) is 38.3 Å². The Kier molecular flexibility index (Phi) is 1.99. The molecular formula is C7H15N2O-. The van der Waals surface area contributed by atoms with Crippen LogP contribution in [0.4, 0.5) is 0 Å². The first-order valence-corrected chi connectivity index (χ1v) is 3.78. The average Bonchev–Trinajstić information content (AvgIpc) is 2.07. The minimum atomic E-state index is 0.135. The van der Waals surface area contributed by atoms with Gasteiger partial charge < -0.3 is 10.4 Å². The molecule has 0 bridgehead atoms. The van der Waals surface area contributed by atoms with E-state index in [4.69, 9.17) is 0 Å². The second-order valence-corrected chi connectivity index (χ2v) is 3.57. The van der Waals surface area contributed by atoms with Crippen molar-refractivity contribution in [1.29, 1.82) is 0 Å². The van der Waals surface area contributed by atoms with Crippen LogP contribution in [-0.4, -0.2) is 17.8 Å². The highest BCUT2D eigenvalue weighted by atomic mass is 16.5. The summed E-state index contributed by atoms with van der Waals surface area (Å²) < 4.78 is 0. The van der Waals surface area contributed by atoms with Crippen LogP contribution in [0, 0.1) is 10.6 Å². The van der Waals surface area contributed by atoms with Crippen LogP contribution in [0.15, 0.2) is 0 Å². The molecule has 3 nitrogen and oxygen atoms in total. The zero-order valence-corrected chi connectivity index (χ0v) is 6.85. The zero-order chi connectivity index (χ0) is 7.78. The molecule has 10 heavy (non-hydrogen) atoms. The van der Waals surface area contributed by atoms with Crippen molar-refractivity contribution in [1.82, 2.24) is 10.6 Å². The third kappa shape index (κ3) is 1.17. The van der Waals surface area contributed by atoms with Gasteiger partial charge in [-0.05, 0) is 11.8 Å². The maximum absolute atomic E-state index is 11.0. The van der Waals surface area contributed by atoms with E-state index in [2.05, 4.69) is 19.3 Å². The number of nitrogens with zero attached hydrogens (tertiary/aromatic N) is 1. The van der Waals surface area contributed by atoms with Crippen LogP contribution in [0.5, 0.6) is 0 Å². The molecule has 1 atom stereocenters. The quantitative estimate of drug-likeness (QED) is 0.597. The zero-order valence-electron chi connectivity index (χ0n) is 6.85. The Morgan fingerprint density at radius 1 is 1.70 bits per heavy atom. The summed E-state index contributed by atoms with van der Waals surface area (Å²) in [7, 11) is 0. The van der Waals surface area contributed by atoms with Crippen molar-refractivity contribution in [3.8, 4) is 0 Å². The van der Waals surface area contributed by atoms with Gasteiger partial charge in [-0.15, -0.1) is 0 Å². The molecule has 0 aromatic carbocycles. The van der Waals surface area contributed by atoms with Crippen molar-refractivity contribution in [2.24, 2.45) is 5.41 Å². The largest absolute Gasteiger partial charge is 0.771 e. The highest BCUT2D eigenvalue weighted by Gasteiger charge is 2.34. The predicted molar refractivity (Wildman–Crippen MR) is 41.1 cm³/mol. The fourth-order valence-corrected chi connectivity index (χ4v) is 1.55. The normalized spacial score (nSPS) is 33.0. The van der Waals surface area contributed by atoms with E-state index < -0.39 is 0 Å². The molecule has 0 aromatic heterocycles. The van der Waals surface area contributed by atoms with E-state index in [1.165, 1.54) is 0 Å². The number of hydroxylamine groups is 1. The number of rotatable bonds is 1. The first-order chi connectivity index (χ1) is 4.58. The van der Waals surface area contributed by atoms with E-state index >= 15 is 0 Å². The Morgan fingerprint density at radius 2 is 2.30 bits per heavy atom. The third-order valence-electron chi connectivity index (χ3n) is 2.26. The van der Waals surface area contributed by atoms with E-state index in [1.54, 1.807) is 0 Å². The van der Waals surface area contributed by atoms with Gasteiger partial charge in [0, 0.05) is 12.6 Å². The van der Waals surface area contributed by atoms with Crippen molar-refractivity contribution in [3.63, 3.8) is 0 Å². The van der Waals surface area contributed by atoms with Crippen LogP contribution in [0.3, 0.4) is 0 Å². The molecule has 0 spiro atoms. The summed E-state index contributed by atoms with van der Waals surface area (Å²) in [5.74, 6) is 0. The summed E-state index contributed by atoms with van der Waals surface area (Å²) in [6.45, 7) is 7.08. The molecule has 1 fully saturated rings. The summed E-state index contributed by atoms with van der Waals surface area (Å²) in [6, 6.07) is 0.146. The molecular weight excluding hydrogens is 128 g/mol. The van der Waals surface area contributed by atoms with Crippen molar-refractivity contribution in [2.45, 2.75) is 33.2 Å². The summed E-state index contributed by atoms with van der Waals surface area (Å²) >= 11 is 0. The van der Waals surface area contributed by atoms with Crippen LogP contribution >= 0.6 is 0 Å². The van der Waals surface area contributed by atoms with Gasteiger partial charge in [0.15, 0.2) is 0 Å². The van der Waals surface area contributed by atoms with Gasteiger partial charge in [0.05, 0.1) is 0 Å². The van der Waals surface area contributed by atoms with Gasteiger partial charge in [-0.3, -0.25) is 5.43 Å². The second-order valence-electron chi connectivity index (χ2n) is 3.57. The highest BCUT2D eigenvalue weighted by Crippen LogP contribution is 2.30. The highest BCUT2D eigenvalue weighted by molar-refractivity contribution is 4.91. The lowest BCUT2D eigenvalue weighted by molar-refractivity contribution is 0.208. The lowest BCUT2D eigenvalue weighted by atomic mass is 9.85. The molecule has 60 valence electrons. The molecule has 3 heteroatoms. The molecule has 1 aliphatic heterocycles. The molecule has 0 aromatic rings. The van der Waals surface area contributed by atoms with Gasteiger partial charge in [0.1, 0.15) is 0 Å². The van der Waals surface area contributed by atoms with Gasteiger partial charge in [0.2, 0.25) is 0 Å². The molecule has 0 saturated carbocycles. The van der Waals surface area contributed by atoms with Gasteiger partial charge in [-0.25, -0.2) is 0 Å². The molecule has 1 saturated heterocycles.